The maximum absolute atomic E-state index is 6.41. The molecule has 0 aromatic carbocycles. The van der Waals surface area contributed by atoms with E-state index >= 15 is 0 Å². The number of hydrogen-bond acceptors (Lipinski definition) is 5. The number of nitrogens with zero attached hydrogens (tertiary/aromatic N) is 3. The topological polar surface area (TPSA) is 56.3 Å². The van der Waals surface area contributed by atoms with Gasteiger partial charge in [0.15, 0.2) is 5.75 Å². The second-order valence-electron chi connectivity index (χ2n) is 4.79. The summed E-state index contributed by atoms with van der Waals surface area (Å²) in [5, 5.41) is 6.49. The third-order valence-electron chi connectivity index (χ3n) is 3.07. The van der Waals surface area contributed by atoms with Gasteiger partial charge in [0.1, 0.15) is 5.69 Å². The lowest BCUT2D eigenvalue weighted by Gasteiger charge is -2.16. The van der Waals surface area contributed by atoms with Gasteiger partial charge in [0.05, 0.1) is 28.8 Å². The first-order valence-electron chi connectivity index (χ1n) is 6.27. The van der Waals surface area contributed by atoms with E-state index in [0.717, 1.165) is 30.1 Å². The highest BCUT2D eigenvalue weighted by molar-refractivity contribution is 14.1. The van der Waals surface area contributed by atoms with Crippen molar-refractivity contribution in [2.75, 3.05) is 27.7 Å². The van der Waals surface area contributed by atoms with E-state index in [9.17, 15) is 0 Å². The average Bonchev–Trinajstić information content (AvgIpc) is 3.01. The number of halogens is 1. The molecule has 0 saturated carbocycles. The minimum absolute atomic E-state index is 0.214. The summed E-state index contributed by atoms with van der Waals surface area (Å²) in [6.45, 7) is 1.70. The zero-order valence-electron chi connectivity index (χ0n) is 11.8. The molecule has 1 unspecified atom stereocenters. The van der Waals surface area contributed by atoms with Crippen molar-refractivity contribution in [2.45, 2.75) is 12.6 Å². The summed E-state index contributed by atoms with van der Waals surface area (Å²) in [4.78, 5) is 2.12. The summed E-state index contributed by atoms with van der Waals surface area (Å²) in [7, 11) is 5.74. The van der Waals surface area contributed by atoms with E-state index < -0.39 is 0 Å². The first-order chi connectivity index (χ1) is 9.52. The normalized spacial score (nSPS) is 12.9. The maximum Gasteiger partial charge on any atom is 0.161 e. The average molecular weight is 406 g/mol. The Kier molecular flexibility index (Phi) is 5.42. The molecule has 2 N–H and O–H groups in total. The predicted molar refractivity (Wildman–Crippen MR) is 90.4 cm³/mol. The first-order valence-corrected chi connectivity index (χ1v) is 8.22. The molecule has 2 heterocycles. The summed E-state index contributed by atoms with van der Waals surface area (Å²) in [6.07, 6.45) is 1.74. The highest BCUT2D eigenvalue weighted by Crippen LogP contribution is 2.31. The van der Waals surface area contributed by atoms with Gasteiger partial charge in [0.2, 0.25) is 0 Å². The number of ether oxygens (including phenoxy) is 1. The fourth-order valence-corrected chi connectivity index (χ4v) is 3.37. The largest absolute Gasteiger partial charge is 0.493 e. The van der Waals surface area contributed by atoms with Crippen molar-refractivity contribution in [1.29, 1.82) is 0 Å². The second-order valence-corrected chi connectivity index (χ2v) is 7.59. The van der Waals surface area contributed by atoms with Crippen LogP contribution in [0.15, 0.2) is 17.6 Å². The van der Waals surface area contributed by atoms with E-state index in [4.69, 9.17) is 10.5 Å². The lowest BCUT2D eigenvalue weighted by atomic mass is 10.1. The molecule has 0 aliphatic heterocycles. The molecule has 2 aromatic rings. The molecule has 0 saturated heterocycles. The molecule has 0 bridgehead atoms. The van der Waals surface area contributed by atoms with Crippen molar-refractivity contribution in [3.05, 3.63) is 31.8 Å². The number of thiophene rings is 1. The van der Waals surface area contributed by atoms with E-state index in [1.807, 2.05) is 18.8 Å². The summed E-state index contributed by atoms with van der Waals surface area (Å²) in [6, 6.07) is 1.90. The van der Waals surface area contributed by atoms with Crippen LogP contribution in [0, 0.1) is 2.88 Å². The Hall–Kier alpha value is -0.640. The highest BCUT2D eigenvalue weighted by Gasteiger charge is 2.21. The van der Waals surface area contributed by atoms with Gasteiger partial charge in [-0.3, -0.25) is 4.68 Å². The van der Waals surface area contributed by atoms with Gasteiger partial charge >= 0.3 is 0 Å². The summed E-state index contributed by atoms with van der Waals surface area (Å²) < 4.78 is 8.57. The lowest BCUT2D eigenvalue weighted by molar-refractivity contribution is 0.363. The molecule has 0 amide bonds. The number of aromatic nitrogens is 2. The summed E-state index contributed by atoms with van der Waals surface area (Å²) in [5.41, 5.74) is 8.44. The lowest BCUT2D eigenvalue weighted by Crippen LogP contribution is -2.23. The van der Waals surface area contributed by atoms with Gasteiger partial charge in [0, 0.05) is 6.54 Å². The van der Waals surface area contributed by atoms with Crippen molar-refractivity contribution in [1.82, 2.24) is 14.7 Å². The number of likely N-dealkylation sites (N-methyl/N-ethyl adjacent to an activating group) is 1. The molecule has 0 aliphatic rings. The van der Waals surface area contributed by atoms with Crippen LogP contribution in [-0.4, -0.2) is 42.4 Å². The van der Waals surface area contributed by atoms with Gasteiger partial charge in [-0.15, -0.1) is 11.3 Å². The Morgan fingerprint density at radius 1 is 1.55 bits per heavy atom. The molecule has 0 aliphatic carbocycles. The van der Waals surface area contributed by atoms with Crippen molar-refractivity contribution >= 4 is 33.9 Å². The Balaban J connectivity index is 2.30. The van der Waals surface area contributed by atoms with Crippen LogP contribution in [-0.2, 0) is 6.54 Å². The molecule has 1 atom stereocenters. The molecule has 2 rings (SSSR count). The number of methoxy groups -OCH3 is 1. The maximum atomic E-state index is 6.41. The highest BCUT2D eigenvalue weighted by atomic mass is 127. The van der Waals surface area contributed by atoms with E-state index in [-0.39, 0.29) is 6.04 Å². The zero-order valence-corrected chi connectivity index (χ0v) is 14.8. The standard InChI is InChI=1S/C13H19IN4OS/c1-17(2)4-5-18-13(10(19-3)7-16-18)12(15)9-6-11(14)20-8-9/h6-8,12H,4-5,15H2,1-3H3. The van der Waals surface area contributed by atoms with Crippen LogP contribution in [0.1, 0.15) is 17.3 Å². The van der Waals surface area contributed by atoms with E-state index in [2.05, 4.69) is 44.0 Å². The molecule has 20 heavy (non-hydrogen) atoms. The van der Waals surface area contributed by atoms with Gasteiger partial charge in [-0.1, -0.05) is 0 Å². The smallest absolute Gasteiger partial charge is 0.161 e. The fraction of sp³-hybridized carbons (Fsp3) is 0.462. The van der Waals surface area contributed by atoms with Gasteiger partial charge in [-0.2, -0.15) is 5.10 Å². The predicted octanol–water partition coefficient (Wildman–Crippen LogP) is 2.17. The zero-order chi connectivity index (χ0) is 14.7. The van der Waals surface area contributed by atoms with Gasteiger partial charge < -0.3 is 15.4 Å². The monoisotopic (exact) mass is 406 g/mol. The van der Waals surface area contributed by atoms with Gasteiger partial charge in [-0.25, -0.2) is 0 Å². The molecular formula is C13H19IN4OS. The Labute approximate surface area is 136 Å². The summed E-state index contributed by atoms with van der Waals surface area (Å²) in [5.74, 6) is 0.748. The Morgan fingerprint density at radius 2 is 2.30 bits per heavy atom. The minimum Gasteiger partial charge on any atom is -0.493 e. The third kappa shape index (κ3) is 3.51. The van der Waals surface area contributed by atoms with Crippen molar-refractivity contribution in [3.63, 3.8) is 0 Å². The summed E-state index contributed by atoms with van der Waals surface area (Å²) >= 11 is 4.00. The van der Waals surface area contributed by atoms with Crippen LogP contribution >= 0.6 is 33.9 Å². The van der Waals surface area contributed by atoms with Crippen LogP contribution in [0.3, 0.4) is 0 Å². The Morgan fingerprint density at radius 3 is 2.85 bits per heavy atom. The second kappa shape index (κ2) is 6.88. The van der Waals surface area contributed by atoms with Crippen LogP contribution in [0.2, 0.25) is 0 Å². The Bertz CT molecular complexity index is 566. The number of nitrogens with two attached hydrogens (primary N) is 1. The van der Waals surface area contributed by atoms with Crippen molar-refractivity contribution in [3.8, 4) is 5.75 Å². The molecule has 0 radical (unpaired) electrons. The molecule has 7 heteroatoms. The quantitative estimate of drug-likeness (QED) is 0.748. The van der Waals surface area contributed by atoms with E-state index in [0.29, 0.717) is 0 Å². The van der Waals surface area contributed by atoms with Gasteiger partial charge in [-0.05, 0) is 53.7 Å². The van der Waals surface area contributed by atoms with Crippen LogP contribution in [0.25, 0.3) is 0 Å². The molecular weight excluding hydrogens is 387 g/mol. The van der Waals surface area contributed by atoms with Crippen LogP contribution in [0.4, 0.5) is 0 Å². The van der Waals surface area contributed by atoms with Crippen molar-refractivity contribution in [2.24, 2.45) is 5.73 Å². The number of rotatable bonds is 6. The van der Waals surface area contributed by atoms with Crippen molar-refractivity contribution < 1.29 is 4.74 Å². The third-order valence-corrected chi connectivity index (χ3v) is 4.87. The SMILES string of the molecule is COc1cnn(CCN(C)C)c1C(N)c1csc(I)c1. The first kappa shape index (κ1) is 15.7. The van der Waals surface area contributed by atoms with Crippen LogP contribution < -0.4 is 10.5 Å². The fourth-order valence-electron chi connectivity index (χ4n) is 1.97. The van der Waals surface area contributed by atoms with Gasteiger partial charge in [0.25, 0.3) is 0 Å². The molecule has 2 aromatic heterocycles. The van der Waals surface area contributed by atoms with Crippen LogP contribution in [0.5, 0.6) is 5.75 Å². The molecule has 0 spiro atoms. The minimum atomic E-state index is -0.214. The molecule has 0 fully saturated rings. The number of hydrogen-bond donors (Lipinski definition) is 1. The molecule has 110 valence electrons. The van der Waals surface area contributed by atoms with E-state index in [1.54, 1.807) is 24.6 Å². The van der Waals surface area contributed by atoms with E-state index in [1.165, 1.54) is 2.88 Å². The molecule has 5 nitrogen and oxygen atoms in total.